The third-order valence-corrected chi connectivity index (χ3v) is 7.21. The fraction of sp³-hybridized carbons (Fsp3) is 0.632. The molecule has 0 aromatic heterocycles. The van der Waals surface area contributed by atoms with E-state index in [2.05, 4.69) is 5.32 Å². The fourth-order valence-corrected chi connectivity index (χ4v) is 5.46. The third-order valence-electron chi connectivity index (χ3n) is 5.01. The largest absolute Gasteiger partial charge is 0.383 e. The molecule has 0 radical (unpaired) electrons. The van der Waals surface area contributed by atoms with Crippen LogP contribution in [0.4, 0.5) is 0 Å². The predicted octanol–water partition coefficient (Wildman–Crippen LogP) is 1.07. The van der Waals surface area contributed by atoms with Crippen molar-refractivity contribution in [1.82, 2.24) is 14.5 Å². The van der Waals surface area contributed by atoms with Crippen LogP contribution in [0.25, 0.3) is 0 Å². The van der Waals surface area contributed by atoms with Crippen LogP contribution in [-0.2, 0) is 19.6 Å². The molecular formula is C19H31N3O4S. The lowest BCUT2D eigenvalue weighted by Crippen LogP contribution is -2.55. The maximum Gasteiger partial charge on any atom is 0.243 e. The number of amides is 1. The normalized spacial score (nSPS) is 17.7. The number of hydrogen-bond donors (Lipinski definition) is 1. The van der Waals surface area contributed by atoms with Gasteiger partial charge in [0.2, 0.25) is 15.9 Å². The second kappa shape index (κ2) is 9.14. The lowest BCUT2D eigenvalue weighted by molar-refractivity contribution is -0.126. The van der Waals surface area contributed by atoms with Gasteiger partial charge < -0.3 is 10.1 Å². The molecule has 0 spiro atoms. The van der Waals surface area contributed by atoms with E-state index >= 15 is 0 Å². The van der Waals surface area contributed by atoms with Crippen LogP contribution in [0.15, 0.2) is 17.0 Å². The van der Waals surface area contributed by atoms with Crippen molar-refractivity contribution < 1.29 is 17.9 Å². The lowest BCUT2D eigenvalue weighted by Gasteiger charge is -2.37. The van der Waals surface area contributed by atoms with E-state index in [1.54, 1.807) is 7.11 Å². The summed E-state index contributed by atoms with van der Waals surface area (Å²) >= 11 is 0. The number of hydrogen-bond acceptors (Lipinski definition) is 5. The summed E-state index contributed by atoms with van der Waals surface area (Å²) in [7, 11) is -1.95. The van der Waals surface area contributed by atoms with Gasteiger partial charge in [0, 0.05) is 39.8 Å². The number of rotatable bonds is 7. The number of benzene rings is 1. The quantitative estimate of drug-likeness (QED) is 0.697. The Hall–Kier alpha value is -1.48. The van der Waals surface area contributed by atoms with Crippen molar-refractivity contribution in [3.8, 4) is 0 Å². The molecule has 7 nitrogen and oxygen atoms in total. The summed E-state index contributed by atoms with van der Waals surface area (Å²) in [5.74, 6) is -0.0615. The average Bonchev–Trinajstić information content (AvgIpc) is 2.60. The molecule has 1 aromatic rings. The second-order valence-electron chi connectivity index (χ2n) is 7.13. The first kappa shape index (κ1) is 21.8. The maximum absolute atomic E-state index is 13.1. The van der Waals surface area contributed by atoms with Crippen LogP contribution in [-0.4, -0.2) is 76.0 Å². The average molecular weight is 398 g/mol. The summed E-state index contributed by atoms with van der Waals surface area (Å²) in [5.41, 5.74) is 2.61. The Morgan fingerprint density at radius 1 is 1.15 bits per heavy atom. The van der Waals surface area contributed by atoms with Crippen LogP contribution in [0.5, 0.6) is 0 Å². The van der Waals surface area contributed by atoms with E-state index in [0.717, 1.165) is 16.7 Å². The van der Waals surface area contributed by atoms with E-state index in [1.807, 2.05) is 44.7 Å². The number of sulfonamides is 1. The van der Waals surface area contributed by atoms with Gasteiger partial charge in [0.25, 0.3) is 0 Å². The Bertz CT molecular complexity index is 748. The first-order chi connectivity index (χ1) is 12.7. The molecule has 1 N–H and O–H groups in total. The Balaban J connectivity index is 2.04. The van der Waals surface area contributed by atoms with Gasteiger partial charge in [-0.15, -0.1) is 0 Å². The second-order valence-corrected chi connectivity index (χ2v) is 9.00. The zero-order valence-electron chi connectivity index (χ0n) is 16.9. The SMILES string of the molecule is COCCNC(=O)[C@@H](C)N1CCN(S(=O)(=O)c2c(C)cc(C)cc2C)CC1. The van der Waals surface area contributed by atoms with Gasteiger partial charge >= 0.3 is 0 Å². The van der Waals surface area contributed by atoms with E-state index in [1.165, 1.54) is 4.31 Å². The Morgan fingerprint density at radius 2 is 1.70 bits per heavy atom. The maximum atomic E-state index is 13.1. The molecule has 1 atom stereocenters. The smallest absolute Gasteiger partial charge is 0.243 e. The van der Waals surface area contributed by atoms with E-state index in [4.69, 9.17) is 4.74 Å². The zero-order chi connectivity index (χ0) is 20.2. The molecule has 2 rings (SSSR count). The van der Waals surface area contributed by atoms with Gasteiger partial charge in [-0.2, -0.15) is 4.31 Å². The number of carbonyl (C=O) groups is 1. The minimum atomic E-state index is -3.54. The zero-order valence-corrected chi connectivity index (χ0v) is 17.7. The van der Waals surface area contributed by atoms with Gasteiger partial charge in [0.05, 0.1) is 17.5 Å². The van der Waals surface area contributed by atoms with Gasteiger partial charge in [0.1, 0.15) is 0 Å². The molecule has 1 fully saturated rings. The number of aryl methyl sites for hydroxylation is 3. The van der Waals surface area contributed by atoms with Gasteiger partial charge in [-0.25, -0.2) is 8.42 Å². The van der Waals surface area contributed by atoms with E-state index in [9.17, 15) is 13.2 Å². The number of methoxy groups -OCH3 is 1. The van der Waals surface area contributed by atoms with Crippen LogP contribution in [0.3, 0.4) is 0 Å². The summed E-state index contributed by atoms with van der Waals surface area (Å²) in [6.07, 6.45) is 0. The van der Waals surface area contributed by atoms with Gasteiger partial charge in [-0.3, -0.25) is 9.69 Å². The standard InChI is InChI=1S/C19H31N3O4S/c1-14-12-15(2)18(16(3)13-14)27(24,25)22-9-7-21(8-10-22)17(4)19(23)20-6-11-26-5/h12-13,17H,6-11H2,1-5H3,(H,20,23)/t17-/m1/s1. The molecule has 0 unspecified atom stereocenters. The molecular weight excluding hydrogens is 366 g/mol. The van der Waals surface area contributed by atoms with Crippen molar-refractivity contribution in [1.29, 1.82) is 0 Å². The van der Waals surface area contributed by atoms with Gasteiger partial charge in [-0.05, 0) is 38.8 Å². The van der Waals surface area contributed by atoms with Crippen molar-refractivity contribution in [2.45, 2.75) is 38.6 Å². The molecule has 1 heterocycles. The monoisotopic (exact) mass is 397 g/mol. The molecule has 0 saturated carbocycles. The number of ether oxygens (including phenoxy) is 1. The number of carbonyl (C=O) groups excluding carboxylic acids is 1. The number of nitrogens with zero attached hydrogens (tertiary/aromatic N) is 2. The molecule has 0 aliphatic carbocycles. The molecule has 1 aliphatic rings. The number of piperazine rings is 1. The highest BCUT2D eigenvalue weighted by atomic mass is 32.2. The van der Waals surface area contributed by atoms with Crippen molar-refractivity contribution >= 4 is 15.9 Å². The van der Waals surface area contributed by atoms with Crippen LogP contribution in [0.2, 0.25) is 0 Å². The highest BCUT2D eigenvalue weighted by molar-refractivity contribution is 7.89. The van der Waals surface area contributed by atoms with Crippen molar-refractivity contribution in [2.75, 3.05) is 46.4 Å². The Labute approximate surface area is 162 Å². The Kier molecular flexibility index (Phi) is 7.39. The molecule has 1 aliphatic heterocycles. The molecule has 0 bridgehead atoms. The van der Waals surface area contributed by atoms with Crippen LogP contribution in [0.1, 0.15) is 23.6 Å². The molecule has 27 heavy (non-hydrogen) atoms. The fourth-order valence-electron chi connectivity index (χ4n) is 3.62. The van der Waals surface area contributed by atoms with Crippen molar-refractivity contribution in [2.24, 2.45) is 0 Å². The van der Waals surface area contributed by atoms with Crippen LogP contribution >= 0.6 is 0 Å². The van der Waals surface area contributed by atoms with E-state index in [0.29, 0.717) is 44.2 Å². The summed E-state index contributed by atoms with van der Waals surface area (Å²) in [5, 5.41) is 2.83. The highest BCUT2D eigenvalue weighted by Gasteiger charge is 2.33. The van der Waals surface area contributed by atoms with Gasteiger partial charge in [-0.1, -0.05) is 17.7 Å². The first-order valence-corrected chi connectivity index (χ1v) is 10.7. The topological polar surface area (TPSA) is 79.0 Å². The summed E-state index contributed by atoms with van der Waals surface area (Å²) in [6, 6.07) is 3.51. The summed E-state index contributed by atoms with van der Waals surface area (Å²) in [4.78, 5) is 14.6. The Morgan fingerprint density at radius 3 is 2.22 bits per heavy atom. The van der Waals surface area contributed by atoms with E-state index in [-0.39, 0.29) is 11.9 Å². The minimum absolute atomic E-state index is 0.0615. The minimum Gasteiger partial charge on any atom is -0.383 e. The summed E-state index contributed by atoms with van der Waals surface area (Å²) < 4.78 is 32.7. The van der Waals surface area contributed by atoms with Gasteiger partial charge in [0.15, 0.2) is 0 Å². The molecule has 1 aromatic carbocycles. The van der Waals surface area contributed by atoms with Crippen LogP contribution in [0, 0.1) is 20.8 Å². The van der Waals surface area contributed by atoms with Crippen LogP contribution < -0.4 is 5.32 Å². The number of nitrogens with one attached hydrogen (secondary N) is 1. The molecule has 1 saturated heterocycles. The third kappa shape index (κ3) is 5.07. The van der Waals surface area contributed by atoms with E-state index < -0.39 is 10.0 Å². The lowest BCUT2D eigenvalue weighted by atomic mass is 10.1. The predicted molar refractivity (Wildman–Crippen MR) is 105 cm³/mol. The molecule has 8 heteroatoms. The molecule has 1 amide bonds. The first-order valence-electron chi connectivity index (χ1n) is 9.27. The highest BCUT2D eigenvalue weighted by Crippen LogP contribution is 2.26. The van der Waals surface area contributed by atoms with Crippen molar-refractivity contribution in [3.63, 3.8) is 0 Å². The summed E-state index contributed by atoms with van der Waals surface area (Å²) in [6.45, 7) is 10.3. The van der Waals surface area contributed by atoms with Crippen molar-refractivity contribution in [3.05, 3.63) is 28.8 Å². The molecule has 152 valence electrons.